The van der Waals surface area contributed by atoms with E-state index >= 15 is 0 Å². The smallest absolute Gasteiger partial charge is 0.313 e. The molecule has 1 aromatic rings. The van der Waals surface area contributed by atoms with Crippen LogP contribution in [0, 0.1) is 5.41 Å². The van der Waals surface area contributed by atoms with E-state index in [0.29, 0.717) is 12.5 Å². The molecule has 1 aromatic heterocycles. The van der Waals surface area contributed by atoms with E-state index in [4.69, 9.17) is 4.74 Å². The number of aromatic nitrogens is 2. The van der Waals surface area contributed by atoms with E-state index in [1.807, 2.05) is 19.2 Å². The lowest BCUT2D eigenvalue weighted by atomic mass is 9.90. The third-order valence-corrected chi connectivity index (χ3v) is 4.08. The Morgan fingerprint density at radius 2 is 2.32 bits per heavy atom. The number of anilines is 1. The molecule has 5 nitrogen and oxygen atoms in total. The van der Waals surface area contributed by atoms with Crippen LogP contribution in [0.15, 0.2) is 12.3 Å². The maximum Gasteiger partial charge on any atom is 0.313 e. The first kappa shape index (κ1) is 12.4. The molecule has 102 valence electrons. The fourth-order valence-corrected chi connectivity index (χ4v) is 2.65. The zero-order chi connectivity index (χ0) is 13.5. The standard InChI is InChI=1S/C14H19N3O2/c1-14(13(18)19-2)6-8-17(9-14)11-5-7-15-12(16-11)10-3-4-10/h5,7,10H,3-4,6,8-9H2,1-2H3. The van der Waals surface area contributed by atoms with Gasteiger partial charge in [0.05, 0.1) is 12.5 Å². The van der Waals surface area contributed by atoms with Gasteiger partial charge in [-0.25, -0.2) is 9.97 Å². The molecule has 0 aromatic carbocycles. The first-order valence-electron chi connectivity index (χ1n) is 6.79. The third kappa shape index (κ3) is 2.29. The molecule has 0 spiro atoms. The summed E-state index contributed by atoms with van der Waals surface area (Å²) in [6.07, 6.45) is 5.03. The van der Waals surface area contributed by atoms with Gasteiger partial charge in [-0.15, -0.1) is 0 Å². The van der Waals surface area contributed by atoms with Crippen LogP contribution in [-0.2, 0) is 9.53 Å². The summed E-state index contributed by atoms with van der Waals surface area (Å²) in [5, 5.41) is 0. The van der Waals surface area contributed by atoms with Crippen LogP contribution >= 0.6 is 0 Å². The molecule has 5 heteroatoms. The SMILES string of the molecule is COC(=O)C1(C)CCN(c2ccnc(C3CC3)n2)C1. The number of nitrogens with zero attached hydrogens (tertiary/aromatic N) is 3. The van der Waals surface area contributed by atoms with Crippen molar-refractivity contribution in [1.82, 2.24) is 9.97 Å². The summed E-state index contributed by atoms with van der Waals surface area (Å²) in [6, 6.07) is 1.93. The summed E-state index contributed by atoms with van der Waals surface area (Å²) < 4.78 is 4.89. The Labute approximate surface area is 113 Å². The number of hydrogen-bond acceptors (Lipinski definition) is 5. The maximum absolute atomic E-state index is 11.8. The highest BCUT2D eigenvalue weighted by Gasteiger charge is 2.42. The van der Waals surface area contributed by atoms with E-state index in [1.165, 1.54) is 20.0 Å². The number of ether oxygens (including phenoxy) is 1. The van der Waals surface area contributed by atoms with Gasteiger partial charge in [-0.3, -0.25) is 4.79 Å². The molecular weight excluding hydrogens is 242 g/mol. The van der Waals surface area contributed by atoms with Gasteiger partial charge in [-0.05, 0) is 32.3 Å². The highest BCUT2D eigenvalue weighted by molar-refractivity contribution is 5.78. The summed E-state index contributed by atoms with van der Waals surface area (Å²) >= 11 is 0. The first-order chi connectivity index (χ1) is 9.12. The number of carbonyl (C=O) groups is 1. The van der Waals surface area contributed by atoms with Crippen molar-refractivity contribution in [3.63, 3.8) is 0 Å². The van der Waals surface area contributed by atoms with Crippen molar-refractivity contribution < 1.29 is 9.53 Å². The lowest BCUT2D eigenvalue weighted by Gasteiger charge is -2.22. The van der Waals surface area contributed by atoms with Crippen molar-refractivity contribution in [1.29, 1.82) is 0 Å². The van der Waals surface area contributed by atoms with Gasteiger partial charge in [0.2, 0.25) is 0 Å². The van der Waals surface area contributed by atoms with E-state index in [1.54, 1.807) is 0 Å². The fourth-order valence-electron chi connectivity index (χ4n) is 2.65. The van der Waals surface area contributed by atoms with Crippen LogP contribution in [0.25, 0.3) is 0 Å². The second-order valence-electron chi connectivity index (χ2n) is 5.77. The van der Waals surface area contributed by atoms with Gasteiger partial charge < -0.3 is 9.64 Å². The first-order valence-corrected chi connectivity index (χ1v) is 6.79. The van der Waals surface area contributed by atoms with Gasteiger partial charge in [0, 0.05) is 25.2 Å². The van der Waals surface area contributed by atoms with E-state index < -0.39 is 5.41 Å². The van der Waals surface area contributed by atoms with Crippen LogP contribution < -0.4 is 4.90 Å². The van der Waals surface area contributed by atoms with Crippen molar-refractivity contribution in [2.45, 2.75) is 32.1 Å². The minimum Gasteiger partial charge on any atom is -0.469 e. The lowest BCUT2D eigenvalue weighted by molar-refractivity contribution is -0.150. The molecule has 1 saturated carbocycles. The Balaban J connectivity index is 1.77. The molecule has 2 fully saturated rings. The van der Waals surface area contributed by atoms with Crippen LogP contribution in [0.3, 0.4) is 0 Å². The predicted octanol–water partition coefficient (Wildman–Crippen LogP) is 1.74. The number of esters is 1. The minimum absolute atomic E-state index is 0.133. The molecule has 1 aliphatic carbocycles. The fraction of sp³-hybridized carbons (Fsp3) is 0.643. The molecule has 2 aliphatic rings. The molecule has 2 heterocycles. The Bertz CT molecular complexity index is 501. The van der Waals surface area contributed by atoms with E-state index in [2.05, 4.69) is 14.9 Å². The second-order valence-corrected chi connectivity index (χ2v) is 5.77. The van der Waals surface area contributed by atoms with Gasteiger partial charge in [-0.1, -0.05) is 0 Å². The van der Waals surface area contributed by atoms with Gasteiger partial charge in [0.15, 0.2) is 0 Å². The molecule has 19 heavy (non-hydrogen) atoms. The predicted molar refractivity (Wildman–Crippen MR) is 71.0 cm³/mol. The average molecular weight is 261 g/mol. The normalized spacial score (nSPS) is 26.5. The highest BCUT2D eigenvalue weighted by Crippen LogP contribution is 2.39. The number of carbonyl (C=O) groups excluding carboxylic acids is 1. The molecule has 3 rings (SSSR count). The van der Waals surface area contributed by atoms with Crippen LogP contribution in [0.5, 0.6) is 0 Å². The zero-order valence-electron chi connectivity index (χ0n) is 11.4. The summed E-state index contributed by atoms with van der Waals surface area (Å²) in [5.74, 6) is 2.30. The molecule has 0 amide bonds. The summed E-state index contributed by atoms with van der Waals surface area (Å²) in [5.41, 5.74) is -0.417. The molecular formula is C14H19N3O2. The summed E-state index contributed by atoms with van der Waals surface area (Å²) in [6.45, 7) is 3.47. The molecule has 1 saturated heterocycles. The number of hydrogen-bond donors (Lipinski definition) is 0. The average Bonchev–Trinajstić information content (AvgIpc) is 3.21. The Hall–Kier alpha value is -1.65. The van der Waals surface area contributed by atoms with Gasteiger partial charge in [0.25, 0.3) is 0 Å². The van der Waals surface area contributed by atoms with E-state index in [9.17, 15) is 4.79 Å². The Morgan fingerprint density at radius 3 is 3.00 bits per heavy atom. The van der Waals surface area contributed by atoms with Gasteiger partial charge in [-0.2, -0.15) is 0 Å². The van der Waals surface area contributed by atoms with Crippen molar-refractivity contribution in [3.8, 4) is 0 Å². The monoisotopic (exact) mass is 261 g/mol. The van der Waals surface area contributed by atoms with Crippen LogP contribution in [-0.4, -0.2) is 36.1 Å². The Kier molecular flexibility index (Phi) is 2.92. The second kappa shape index (κ2) is 4.47. The van der Waals surface area contributed by atoms with Crippen molar-refractivity contribution in [2.75, 3.05) is 25.1 Å². The molecule has 1 atom stereocenters. The molecule has 1 unspecified atom stereocenters. The molecule has 1 aliphatic heterocycles. The van der Waals surface area contributed by atoms with E-state index in [0.717, 1.165) is 24.6 Å². The zero-order valence-corrected chi connectivity index (χ0v) is 11.4. The van der Waals surface area contributed by atoms with Crippen molar-refractivity contribution in [3.05, 3.63) is 18.1 Å². The molecule has 0 bridgehead atoms. The van der Waals surface area contributed by atoms with Crippen molar-refractivity contribution in [2.24, 2.45) is 5.41 Å². The number of methoxy groups -OCH3 is 1. The van der Waals surface area contributed by atoms with Crippen LogP contribution in [0.1, 0.15) is 37.9 Å². The number of rotatable bonds is 3. The Morgan fingerprint density at radius 1 is 1.53 bits per heavy atom. The highest BCUT2D eigenvalue weighted by atomic mass is 16.5. The van der Waals surface area contributed by atoms with Gasteiger partial charge in [0.1, 0.15) is 11.6 Å². The molecule has 0 radical (unpaired) electrons. The van der Waals surface area contributed by atoms with Crippen molar-refractivity contribution >= 4 is 11.8 Å². The summed E-state index contributed by atoms with van der Waals surface area (Å²) in [4.78, 5) is 22.9. The minimum atomic E-state index is -0.417. The van der Waals surface area contributed by atoms with Gasteiger partial charge >= 0.3 is 5.97 Å². The van der Waals surface area contributed by atoms with Crippen LogP contribution in [0.4, 0.5) is 5.82 Å². The quantitative estimate of drug-likeness (QED) is 0.776. The van der Waals surface area contributed by atoms with Crippen LogP contribution in [0.2, 0.25) is 0 Å². The largest absolute Gasteiger partial charge is 0.469 e. The summed E-state index contributed by atoms with van der Waals surface area (Å²) in [7, 11) is 1.45. The van der Waals surface area contributed by atoms with E-state index in [-0.39, 0.29) is 5.97 Å². The third-order valence-electron chi connectivity index (χ3n) is 4.08. The molecule has 0 N–H and O–H groups in total. The topological polar surface area (TPSA) is 55.3 Å². The lowest BCUT2D eigenvalue weighted by Crippen LogP contribution is -2.33. The maximum atomic E-state index is 11.8.